The zero-order valence-electron chi connectivity index (χ0n) is 11.6. The normalized spacial score (nSPS) is 11.3. The lowest BCUT2D eigenvalue weighted by Crippen LogP contribution is -2.38. The number of carbonyl (C=O) groups is 1. The van der Waals surface area contributed by atoms with E-state index < -0.39 is 10.0 Å². The van der Waals surface area contributed by atoms with Gasteiger partial charge in [0.1, 0.15) is 0 Å². The van der Waals surface area contributed by atoms with Crippen LogP contribution in [0.3, 0.4) is 0 Å². The van der Waals surface area contributed by atoms with Gasteiger partial charge in [0.15, 0.2) is 0 Å². The van der Waals surface area contributed by atoms with Crippen molar-refractivity contribution in [3.05, 3.63) is 29.3 Å². The van der Waals surface area contributed by atoms with Crippen LogP contribution in [0.1, 0.15) is 19.8 Å². The summed E-state index contributed by atoms with van der Waals surface area (Å²) in [7, 11) is -2.02. The fraction of sp³-hybridized carbons (Fsp3) is 0.462. The van der Waals surface area contributed by atoms with E-state index in [0.717, 1.165) is 12.8 Å². The molecule has 0 aliphatic rings. The quantitative estimate of drug-likeness (QED) is 0.834. The van der Waals surface area contributed by atoms with Crippen molar-refractivity contribution in [1.82, 2.24) is 9.62 Å². The van der Waals surface area contributed by atoms with E-state index in [4.69, 9.17) is 11.6 Å². The van der Waals surface area contributed by atoms with Gasteiger partial charge in [-0.2, -0.15) is 0 Å². The van der Waals surface area contributed by atoms with Crippen LogP contribution in [0.2, 0.25) is 5.02 Å². The van der Waals surface area contributed by atoms with Crippen molar-refractivity contribution in [2.75, 3.05) is 20.1 Å². The molecule has 0 unspecified atom stereocenters. The average molecular weight is 319 g/mol. The van der Waals surface area contributed by atoms with Gasteiger partial charge in [-0.25, -0.2) is 13.1 Å². The van der Waals surface area contributed by atoms with E-state index in [1.165, 1.54) is 29.2 Å². The number of nitrogens with one attached hydrogen (secondary N) is 1. The lowest BCUT2D eigenvalue weighted by Gasteiger charge is -2.17. The average Bonchev–Trinajstić information content (AvgIpc) is 2.42. The molecule has 112 valence electrons. The maximum absolute atomic E-state index is 12.0. The molecule has 0 heterocycles. The van der Waals surface area contributed by atoms with E-state index >= 15 is 0 Å². The Kier molecular flexibility index (Phi) is 6.45. The van der Waals surface area contributed by atoms with Gasteiger partial charge >= 0.3 is 0 Å². The predicted molar refractivity (Wildman–Crippen MR) is 79.2 cm³/mol. The van der Waals surface area contributed by atoms with Gasteiger partial charge in [-0.05, 0) is 30.7 Å². The summed E-state index contributed by atoms with van der Waals surface area (Å²) in [4.78, 5) is 13.4. The summed E-state index contributed by atoms with van der Waals surface area (Å²) in [6.45, 7) is 2.41. The highest BCUT2D eigenvalue weighted by Gasteiger charge is 2.16. The fourth-order valence-corrected chi connectivity index (χ4v) is 2.61. The third-order valence-corrected chi connectivity index (χ3v) is 4.48. The van der Waals surface area contributed by atoms with E-state index in [2.05, 4.69) is 4.72 Å². The van der Waals surface area contributed by atoms with Crippen LogP contribution < -0.4 is 4.72 Å². The third kappa shape index (κ3) is 5.11. The number of rotatable bonds is 7. The van der Waals surface area contributed by atoms with Crippen molar-refractivity contribution in [2.45, 2.75) is 24.7 Å². The summed E-state index contributed by atoms with van der Waals surface area (Å²) >= 11 is 5.70. The molecule has 0 bridgehead atoms. The first-order valence-corrected chi connectivity index (χ1v) is 8.22. The van der Waals surface area contributed by atoms with E-state index in [1.54, 1.807) is 7.05 Å². The molecular weight excluding hydrogens is 300 g/mol. The van der Waals surface area contributed by atoms with Crippen LogP contribution >= 0.6 is 11.6 Å². The van der Waals surface area contributed by atoms with Crippen molar-refractivity contribution in [2.24, 2.45) is 0 Å². The Bertz CT molecular complexity index is 543. The van der Waals surface area contributed by atoms with Gasteiger partial charge < -0.3 is 4.90 Å². The van der Waals surface area contributed by atoms with Crippen LogP contribution in [0.25, 0.3) is 0 Å². The molecule has 0 fully saturated rings. The van der Waals surface area contributed by atoms with Crippen molar-refractivity contribution < 1.29 is 13.2 Å². The standard InChI is InChI=1S/C13H19ClN2O3S/c1-3-4-9-16(2)13(17)10-15-20(18,19)12-7-5-11(14)6-8-12/h5-8,15H,3-4,9-10H2,1-2H3. The third-order valence-electron chi connectivity index (χ3n) is 2.81. The van der Waals surface area contributed by atoms with Gasteiger partial charge in [0, 0.05) is 18.6 Å². The molecule has 7 heteroatoms. The van der Waals surface area contributed by atoms with E-state index in [-0.39, 0.29) is 17.3 Å². The topological polar surface area (TPSA) is 66.5 Å². The molecule has 0 aliphatic heterocycles. The molecule has 1 aromatic rings. The highest BCUT2D eigenvalue weighted by molar-refractivity contribution is 7.89. The lowest BCUT2D eigenvalue weighted by atomic mass is 10.3. The number of halogens is 1. The van der Waals surface area contributed by atoms with Gasteiger partial charge in [0.25, 0.3) is 0 Å². The van der Waals surface area contributed by atoms with Gasteiger partial charge in [0.2, 0.25) is 15.9 Å². The Hall–Kier alpha value is -1.11. The summed E-state index contributed by atoms with van der Waals surface area (Å²) in [5.41, 5.74) is 0. The summed E-state index contributed by atoms with van der Waals surface area (Å²) in [6.07, 6.45) is 1.88. The first-order valence-electron chi connectivity index (χ1n) is 6.36. The van der Waals surface area contributed by atoms with Crippen LogP contribution in [-0.2, 0) is 14.8 Å². The van der Waals surface area contributed by atoms with Crippen LogP contribution in [-0.4, -0.2) is 39.4 Å². The Balaban J connectivity index is 2.59. The molecule has 0 spiro atoms. The van der Waals surface area contributed by atoms with E-state index in [0.29, 0.717) is 11.6 Å². The van der Waals surface area contributed by atoms with Gasteiger partial charge in [-0.1, -0.05) is 24.9 Å². The summed E-state index contributed by atoms with van der Waals surface area (Å²) in [5, 5.41) is 0.458. The lowest BCUT2D eigenvalue weighted by molar-refractivity contribution is -0.128. The van der Waals surface area contributed by atoms with Crippen LogP contribution in [0.15, 0.2) is 29.2 Å². The van der Waals surface area contributed by atoms with Crippen molar-refractivity contribution >= 4 is 27.5 Å². The van der Waals surface area contributed by atoms with E-state index in [9.17, 15) is 13.2 Å². The van der Waals surface area contributed by atoms with Crippen molar-refractivity contribution in [1.29, 1.82) is 0 Å². The molecule has 0 aromatic heterocycles. The Labute approximate surface area is 125 Å². The minimum Gasteiger partial charge on any atom is -0.345 e. The second-order valence-electron chi connectivity index (χ2n) is 4.45. The molecule has 1 rings (SSSR count). The SMILES string of the molecule is CCCCN(C)C(=O)CNS(=O)(=O)c1ccc(Cl)cc1. The monoisotopic (exact) mass is 318 g/mol. The first kappa shape index (κ1) is 16.9. The maximum Gasteiger partial charge on any atom is 0.241 e. The largest absolute Gasteiger partial charge is 0.345 e. The second kappa shape index (κ2) is 7.61. The van der Waals surface area contributed by atoms with Crippen molar-refractivity contribution in [3.63, 3.8) is 0 Å². The van der Waals surface area contributed by atoms with Gasteiger partial charge in [0.05, 0.1) is 11.4 Å². The number of likely N-dealkylation sites (N-methyl/N-ethyl adjacent to an activating group) is 1. The molecule has 20 heavy (non-hydrogen) atoms. The number of benzene rings is 1. The molecular formula is C13H19ClN2O3S. The zero-order chi connectivity index (χ0) is 15.2. The molecule has 0 atom stereocenters. The van der Waals surface area contributed by atoms with Gasteiger partial charge in [-0.3, -0.25) is 4.79 Å². The Morgan fingerprint density at radius 2 is 1.90 bits per heavy atom. The number of sulfonamides is 1. The van der Waals surface area contributed by atoms with Crippen LogP contribution in [0, 0.1) is 0 Å². The molecule has 5 nitrogen and oxygen atoms in total. The van der Waals surface area contributed by atoms with Gasteiger partial charge in [-0.15, -0.1) is 0 Å². The second-order valence-corrected chi connectivity index (χ2v) is 6.65. The van der Waals surface area contributed by atoms with Crippen molar-refractivity contribution in [3.8, 4) is 0 Å². The molecule has 0 radical (unpaired) electrons. The number of unbranched alkanes of at least 4 members (excludes halogenated alkanes) is 1. The maximum atomic E-state index is 12.0. The fourth-order valence-electron chi connectivity index (χ4n) is 1.51. The number of nitrogens with zero attached hydrogens (tertiary/aromatic N) is 1. The molecule has 0 aliphatic carbocycles. The van der Waals surface area contributed by atoms with Crippen LogP contribution in [0.4, 0.5) is 0 Å². The Morgan fingerprint density at radius 3 is 2.45 bits per heavy atom. The van der Waals surface area contributed by atoms with E-state index in [1.807, 2.05) is 6.92 Å². The molecule has 1 aromatic carbocycles. The smallest absolute Gasteiger partial charge is 0.241 e. The number of hydrogen-bond acceptors (Lipinski definition) is 3. The highest BCUT2D eigenvalue weighted by Crippen LogP contribution is 2.13. The highest BCUT2D eigenvalue weighted by atomic mass is 35.5. The minimum absolute atomic E-state index is 0.0888. The van der Waals surface area contributed by atoms with Crippen LogP contribution in [0.5, 0.6) is 0 Å². The molecule has 0 saturated carbocycles. The minimum atomic E-state index is -3.68. The summed E-state index contributed by atoms with van der Waals surface area (Å²) < 4.78 is 26.2. The number of hydrogen-bond donors (Lipinski definition) is 1. The Morgan fingerprint density at radius 1 is 1.30 bits per heavy atom. The molecule has 1 amide bonds. The predicted octanol–water partition coefficient (Wildman–Crippen LogP) is 1.88. The molecule has 1 N–H and O–H groups in total. The summed E-state index contributed by atoms with van der Waals surface area (Å²) in [6, 6.07) is 5.78. The first-order chi connectivity index (χ1) is 9.36. The number of carbonyl (C=O) groups excluding carboxylic acids is 1. The summed E-state index contributed by atoms with van der Waals surface area (Å²) in [5.74, 6) is -0.254. The number of amides is 1. The molecule has 0 saturated heterocycles. The zero-order valence-corrected chi connectivity index (χ0v) is 13.2.